The van der Waals surface area contributed by atoms with Crippen molar-refractivity contribution in [3.8, 4) is 0 Å². The molecule has 0 radical (unpaired) electrons. The molecule has 2 heteroatoms. The highest BCUT2D eigenvalue weighted by molar-refractivity contribution is 6.31. The summed E-state index contributed by atoms with van der Waals surface area (Å²) in [6, 6.07) is 18.4. The molecule has 0 spiro atoms. The van der Waals surface area contributed by atoms with E-state index in [1.54, 1.807) is 0 Å². The van der Waals surface area contributed by atoms with E-state index in [4.69, 9.17) is 17.3 Å². The fraction of sp³-hybridized carbons (Fsp3) is 0.158. The molecule has 0 amide bonds. The molecule has 21 heavy (non-hydrogen) atoms. The smallest absolute Gasteiger partial charge is 0.0572 e. The van der Waals surface area contributed by atoms with Crippen molar-refractivity contribution in [2.45, 2.75) is 19.9 Å². The maximum absolute atomic E-state index is 6.50. The maximum atomic E-state index is 6.50. The van der Waals surface area contributed by atoms with Gasteiger partial charge in [0.2, 0.25) is 0 Å². The molecule has 0 bridgehead atoms. The Morgan fingerprint density at radius 3 is 2.24 bits per heavy atom. The number of aryl methyl sites for hydroxylation is 2. The van der Waals surface area contributed by atoms with Gasteiger partial charge in [-0.2, -0.15) is 0 Å². The summed E-state index contributed by atoms with van der Waals surface area (Å²) in [5.74, 6) is 0. The van der Waals surface area contributed by atoms with Crippen LogP contribution in [0.5, 0.6) is 0 Å². The maximum Gasteiger partial charge on any atom is 0.0572 e. The molecular weight excluding hydrogens is 278 g/mol. The van der Waals surface area contributed by atoms with Crippen molar-refractivity contribution in [2.75, 3.05) is 0 Å². The fourth-order valence-electron chi connectivity index (χ4n) is 2.80. The lowest BCUT2D eigenvalue weighted by Crippen LogP contribution is -2.13. The van der Waals surface area contributed by atoms with Gasteiger partial charge < -0.3 is 5.73 Å². The Hall–Kier alpha value is -1.83. The average Bonchev–Trinajstić information content (AvgIpc) is 2.47. The first-order valence-corrected chi connectivity index (χ1v) is 7.45. The Bertz CT molecular complexity index is 808. The zero-order valence-electron chi connectivity index (χ0n) is 12.2. The number of hydrogen-bond donors (Lipinski definition) is 1. The molecule has 2 N–H and O–H groups in total. The molecule has 0 aromatic heterocycles. The van der Waals surface area contributed by atoms with Gasteiger partial charge in [-0.1, -0.05) is 60.1 Å². The van der Waals surface area contributed by atoms with Gasteiger partial charge in [0.15, 0.2) is 0 Å². The van der Waals surface area contributed by atoms with Crippen LogP contribution in [0, 0.1) is 13.8 Å². The van der Waals surface area contributed by atoms with Crippen molar-refractivity contribution in [2.24, 2.45) is 5.73 Å². The highest BCUT2D eigenvalue weighted by Gasteiger charge is 2.15. The molecule has 0 fully saturated rings. The monoisotopic (exact) mass is 295 g/mol. The quantitative estimate of drug-likeness (QED) is 0.694. The topological polar surface area (TPSA) is 26.0 Å². The van der Waals surface area contributed by atoms with Gasteiger partial charge in [0.25, 0.3) is 0 Å². The first-order chi connectivity index (χ1) is 10.1. The number of halogens is 1. The summed E-state index contributed by atoms with van der Waals surface area (Å²) in [6.45, 7) is 4.15. The van der Waals surface area contributed by atoms with E-state index >= 15 is 0 Å². The third-order valence-corrected chi connectivity index (χ3v) is 4.33. The van der Waals surface area contributed by atoms with Gasteiger partial charge >= 0.3 is 0 Å². The van der Waals surface area contributed by atoms with E-state index in [0.717, 1.165) is 21.7 Å². The molecule has 3 rings (SSSR count). The number of hydrogen-bond acceptors (Lipinski definition) is 1. The third-order valence-electron chi connectivity index (χ3n) is 4.00. The summed E-state index contributed by atoms with van der Waals surface area (Å²) in [5, 5.41) is 3.17. The van der Waals surface area contributed by atoms with E-state index in [0.29, 0.717) is 0 Å². The number of fused-ring (bicyclic) bond motifs is 1. The molecule has 0 aliphatic rings. The zero-order valence-corrected chi connectivity index (χ0v) is 13.0. The van der Waals surface area contributed by atoms with E-state index in [1.165, 1.54) is 16.3 Å². The molecule has 1 atom stereocenters. The number of nitrogens with two attached hydrogens (primary N) is 1. The van der Waals surface area contributed by atoms with Gasteiger partial charge in [-0.15, -0.1) is 0 Å². The second-order valence-electron chi connectivity index (χ2n) is 5.52. The van der Waals surface area contributed by atoms with Crippen LogP contribution < -0.4 is 5.73 Å². The number of rotatable bonds is 2. The van der Waals surface area contributed by atoms with E-state index in [1.807, 2.05) is 19.1 Å². The molecule has 1 nitrogen and oxygen atoms in total. The Balaban J connectivity index is 2.18. The lowest BCUT2D eigenvalue weighted by atomic mass is 9.92. The van der Waals surface area contributed by atoms with Crippen LogP contribution in [0.1, 0.15) is 28.3 Å². The molecule has 1 unspecified atom stereocenters. The Morgan fingerprint density at radius 2 is 1.52 bits per heavy atom. The summed E-state index contributed by atoms with van der Waals surface area (Å²) in [7, 11) is 0. The minimum Gasteiger partial charge on any atom is -0.320 e. The average molecular weight is 296 g/mol. The van der Waals surface area contributed by atoms with Crippen LogP contribution in [-0.2, 0) is 0 Å². The van der Waals surface area contributed by atoms with E-state index in [9.17, 15) is 0 Å². The van der Waals surface area contributed by atoms with Crippen LogP contribution in [0.4, 0.5) is 0 Å². The molecule has 0 aliphatic carbocycles. The van der Waals surface area contributed by atoms with Crippen molar-refractivity contribution in [3.63, 3.8) is 0 Å². The van der Waals surface area contributed by atoms with Crippen molar-refractivity contribution < 1.29 is 0 Å². The minimum absolute atomic E-state index is 0.219. The van der Waals surface area contributed by atoms with Crippen LogP contribution in [0.25, 0.3) is 10.8 Å². The highest BCUT2D eigenvalue weighted by Crippen LogP contribution is 2.32. The van der Waals surface area contributed by atoms with Crippen LogP contribution >= 0.6 is 11.6 Å². The van der Waals surface area contributed by atoms with Gasteiger partial charge in [-0.3, -0.25) is 0 Å². The van der Waals surface area contributed by atoms with E-state index in [-0.39, 0.29) is 6.04 Å². The lowest BCUT2D eigenvalue weighted by molar-refractivity contribution is 0.880. The minimum atomic E-state index is -0.219. The van der Waals surface area contributed by atoms with Crippen molar-refractivity contribution in [1.29, 1.82) is 0 Å². The molecule has 0 saturated carbocycles. The molecule has 0 saturated heterocycles. The predicted molar refractivity (Wildman–Crippen MR) is 90.9 cm³/mol. The SMILES string of the molecule is Cc1ccc(C(N)c2ccc(C)c3ccccc23)c(Cl)c1. The molecule has 3 aromatic carbocycles. The summed E-state index contributed by atoms with van der Waals surface area (Å²) >= 11 is 6.38. The molecule has 0 heterocycles. The lowest BCUT2D eigenvalue weighted by Gasteiger charge is -2.18. The van der Waals surface area contributed by atoms with Gasteiger partial charge in [0, 0.05) is 5.02 Å². The van der Waals surface area contributed by atoms with Crippen molar-refractivity contribution in [3.05, 3.63) is 81.9 Å². The highest BCUT2D eigenvalue weighted by atomic mass is 35.5. The van der Waals surface area contributed by atoms with Crippen LogP contribution in [-0.4, -0.2) is 0 Å². The summed E-state index contributed by atoms with van der Waals surface area (Å²) < 4.78 is 0. The van der Waals surface area contributed by atoms with Gasteiger partial charge in [-0.05, 0) is 52.9 Å². The van der Waals surface area contributed by atoms with E-state index < -0.39 is 0 Å². The summed E-state index contributed by atoms with van der Waals surface area (Å²) in [6.07, 6.45) is 0. The Kier molecular flexibility index (Phi) is 3.71. The van der Waals surface area contributed by atoms with Crippen LogP contribution in [0.2, 0.25) is 5.02 Å². The van der Waals surface area contributed by atoms with Crippen molar-refractivity contribution >= 4 is 22.4 Å². The second kappa shape index (κ2) is 5.51. The van der Waals surface area contributed by atoms with Gasteiger partial charge in [0.05, 0.1) is 6.04 Å². The van der Waals surface area contributed by atoms with Gasteiger partial charge in [0.1, 0.15) is 0 Å². The summed E-state index contributed by atoms with van der Waals surface area (Å²) in [4.78, 5) is 0. The zero-order chi connectivity index (χ0) is 15.0. The van der Waals surface area contributed by atoms with Crippen LogP contribution in [0.3, 0.4) is 0 Å². The Labute approximate surface area is 130 Å². The first-order valence-electron chi connectivity index (χ1n) is 7.08. The normalized spacial score (nSPS) is 12.6. The standard InChI is InChI=1S/C19H18ClN/c1-12-7-9-17(18(20)11-12)19(21)16-10-8-13(2)14-5-3-4-6-15(14)16/h3-11,19H,21H2,1-2H3. The molecule has 3 aromatic rings. The third kappa shape index (κ3) is 2.55. The second-order valence-corrected chi connectivity index (χ2v) is 5.93. The van der Waals surface area contributed by atoms with Crippen molar-refractivity contribution in [1.82, 2.24) is 0 Å². The van der Waals surface area contributed by atoms with Crippen LogP contribution in [0.15, 0.2) is 54.6 Å². The predicted octanol–water partition coefficient (Wildman–Crippen LogP) is 5.16. The molecule has 0 aliphatic heterocycles. The van der Waals surface area contributed by atoms with E-state index in [2.05, 4.69) is 49.4 Å². The largest absolute Gasteiger partial charge is 0.320 e. The molecular formula is C19H18ClN. The number of benzene rings is 3. The Morgan fingerprint density at radius 1 is 0.857 bits per heavy atom. The first kappa shape index (κ1) is 14.1. The summed E-state index contributed by atoms with van der Waals surface area (Å²) in [5.41, 5.74) is 11.0. The van der Waals surface area contributed by atoms with Gasteiger partial charge in [-0.25, -0.2) is 0 Å². The molecule has 106 valence electrons. The fourth-order valence-corrected chi connectivity index (χ4v) is 3.15.